The third kappa shape index (κ3) is 4.32. The molecule has 0 spiro atoms. The van der Waals surface area contributed by atoms with E-state index in [1.165, 1.54) is 37.7 Å². The molecule has 1 saturated carbocycles. The minimum Gasteiger partial charge on any atom is -0.316 e. The van der Waals surface area contributed by atoms with Crippen LogP contribution in [0.1, 0.15) is 58.9 Å². The average Bonchev–Trinajstić information content (AvgIpc) is 2.81. The molecule has 2 rings (SSSR count). The molecule has 1 N–H and O–H groups in total. The number of hydrogen-bond donors (Lipinski definition) is 1. The fraction of sp³-hybridized carbons (Fsp3) is 0.833. The fourth-order valence-electron chi connectivity index (χ4n) is 3.90. The lowest BCUT2D eigenvalue weighted by atomic mass is 9.62. The van der Waals surface area contributed by atoms with Gasteiger partial charge in [-0.2, -0.15) is 5.10 Å². The molecule has 0 aliphatic heterocycles. The van der Waals surface area contributed by atoms with Crippen LogP contribution in [0, 0.1) is 16.7 Å². The Hall–Kier alpha value is -0.830. The first-order valence-electron chi connectivity index (χ1n) is 8.53. The van der Waals surface area contributed by atoms with Crippen LogP contribution in [0.4, 0.5) is 0 Å². The lowest BCUT2D eigenvalue weighted by Gasteiger charge is -2.44. The second kappa shape index (κ2) is 6.51. The highest BCUT2D eigenvalue weighted by atomic mass is 15.2. The molecular formula is C18H33N3. The first-order chi connectivity index (χ1) is 9.85. The quantitative estimate of drug-likeness (QED) is 0.894. The molecule has 0 bridgehead atoms. The third-order valence-electron chi connectivity index (χ3n) is 5.36. The SMILES string of the molecule is CCNCC1(Cc2cnn(C)c2)CCC(C(C)(C)C)CC1. The van der Waals surface area contributed by atoms with Gasteiger partial charge in [-0.05, 0) is 61.0 Å². The second-order valence-corrected chi connectivity index (χ2v) is 8.12. The smallest absolute Gasteiger partial charge is 0.0521 e. The normalized spacial score (nSPS) is 27.0. The predicted molar refractivity (Wildman–Crippen MR) is 89.3 cm³/mol. The van der Waals surface area contributed by atoms with Crippen molar-refractivity contribution in [1.29, 1.82) is 0 Å². The molecule has 1 aromatic heterocycles. The average molecular weight is 291 g/mol. The lowest BCUT2D eigenvalue weighted by Crippen LogP contribution is -2.41. The summed E-state index contributed by atoms with van der Waals surface area (Å²) in [6.45, 7) is 11.6. The van der Waals surface area contributed by atoms with Crippen molar-refractivity contribution in [3.05, 3.63) is 18.0 Å². The van der Waals surface area contributed by atoms with Gasteiger partial charge in [0.05, 0.1) is 6.20 Å². The number of rotatable bonds is 5. The maximum Gasteiger partial charge on any atom is 0.0521 e. The Morgan fingerprint density at radius 3 is 2.48 bits per heavy atom. The van der Waals surface area contributed by atoms with Crippen LogP contribution in [-0.2, 0) is 13.5 Å². The summed E-state index contributed by atoms with van der Waals surface area (Å²) in [6, 6.07) is 0. The Bertz CT molecular complexity index is 434. The summed E-state index contributed by atoms with van der Waals surface area (Å²) in [6.07, 6.45) is 10.8. The van der Waals surface area contributed by atoms with Gasteiger partial charge < -0.3 is 5.32 Å². The van der Waals surface area contributed by atoms with E-state index in [0.717, 1.165) is 19.0 Å². The van der Waals surface area contributed by atoms with Crippen molar-refractivity contribution in [1.82, 2.24) is 15.1 Å². The monoisotopic (exact) mass is 291 g/mol. The van der Waals surface area contributed by atoms with E-state index in [1.807, 2.05) is 17.9 Å². The molecule has 3 heteroatoms. The van der Waals surface area contributed by atoms with Crippen LogP contribution in [0.3, 0.4) is 0 Å². The van der Waals surface area contributed by atoms with Gasteiger partial charge >= 0.3 is 0 Å². The van der Waals surface area contributed by atoms with Gasteiger partial charge in [0, 0.05) is 19.8 Å². The highest BCUT2D eigenvalue weighted by molar-refractivity contribution is 5.09. The molecular weight excluding hydrogens is 258 g/mol. The van der Waals surface area contributed by atoms with Crippen molar-refractivity contribution >= 4 is 0 Å². The fourth-order valence-corrected chi connectivity index (χ4v) is 3.90. The maximum atomic E-state index is 4.34. The number of aryl methyl sites for hydroxylation is 1. The van der Waals surface area contributed by atoms with Crippen molar-refractivity contribution in [2.24, 2.45) is 23.8 Å². The molecule has 21 heavy (non-hydrogen) atoms. The highest BCUT2D eigenvalue weighted by Gasteiger charge is 2.38. The summed E-state index contributed by atoms with van der Waals surface area (Å²) >= 11 is 0. The molecule has 0 saturated heterocycles. The summed E-state index contributed by atoms with van der Waals surface area (Å²) in [4.78, 5) is 0. The third-order valence-corrected chi connectivity index (χ3v) is 5.36. The van der Waals surface area contributed by atoms with Crippen LogP contribution in [-0.4, -0.2) is 22.9 Å². The number of nitrogens with zero attached hydrogens (tertiary/aromatic N) is 2. The first kappa shape index (κ1) is 16.5. The van der Waals surface area contributed by atoms with Gasteiger partial charge in [-0.25, -0.2) is 0 Å². The van der Waals surface area contributed by atoms with Gasteiger partial charge in [0.1, 0.15) is 0 Å². The van der Waals surface area contributed by atoms with E-state index in [2.05, 4.69) is 44.3 Å². The van der Waals surface area contributed by atoms with Crippen LogP contribution < -0.4 is 5.32 Å². The predicted octanol–water partition coefficient (Wildman–Crippen LogP) is 3.79. The van der Waals surface area contributed by atoms with Crippen molar-refractivity contribution in [2.45, 2.75) is 59.8 Å². The van der Waals surface area contributed by atoms with E-state index in [-0.39, 0.29) is 0 Å². The van der Waals surface area contributed by atoms with Gasteiger partial charge in [0.25, 0.3) is 0 Å². The van der Waals surface area contributed by atoms with E-state index < -0.39 is 0 Å². The molecule has 0 atom stereocenters. The molecule has 0 unspecified atom stereocenters. The largest absolute Gasteiger partial charge is 0.316 e. The summed E-state index contributed by atoms with van der Waals surface area (Å²) in [7, 11) is 2.01. The van der Waals surface area contributed by atoms with Crippen molar-refractivity contribution < 1.29 is 0 Å². The second-order valence-electron chi connectivity index (χ2n) is 8.12. The lowest BCUT2D eigenvalue weighted by molar-refractivity contribution is 0.0866. The summed E-state index contributed by atoms with van der Waals surface area (Å²) < 4.78 is 1.93. The summed E-state index contributed by atoms with van der Waals surface area (Å²) in [5, 5.41) is 7.96. The zero-order chi connectivity index (χ0) is 15.5. The highest BCUT2D eigenvalue weighted by Crippen LogP contribution is 2.46. The Kier molecular flexibility index (Phi) is 5.13. The zero-order valence-electron chi connectivity index (χ0n) is 14.6. The molecule has 0 aromatic carbocycles. The Labute approximate surface area is 130 Å². The number of nitrogens with one attached hydrogen (secondary N) is 1. The molecule has 1 heterocycles. The first-order valence-corrected chi connectivity index (χ1v) is 8.53. The van der Waals surface area contributed by atoms with Crippen LogP contribution in [0.25, 0.3) is 0 Å². The molecule has 0 amide bonds. The van der Waals surface area contributed by atoms with Gasteiger partial charge in [0.15, 0.2) is 0 Å². The minimum atomic E-state index is 0.431. The molecule has 1 fully saturated rings. The van der Waals surface area contributed by atoms with Crippen LogP contribution in [0.5, 0.6) is 0 Å². The number of aromatic nitrogens is 2. The van der Waals surface area contributed by atoms with Crippen LogP contribution in [0.2, 0.25) is 0 Å². The van der Waals surface area contributed by atoms with Gasteiger partial charge in [-0.15, -0.1) is 0 Å². The van der Waals surface area contributed by atoms with Gasteiger partial charge in [-0.1, -0.05) is 27.7 Å². The maximum absolute atomic E-state index is 4.34. The van der Waals surface area contributed by atoms with Crippen LogP contribution in [0.15, 0.2) is 12.4 Å². The minimum absolute atomic E-state index is 0.431. The van der Waals surface area contributed by atoms with E-state index in [1.54, 1.807) is 0 Å². The molecule has 1 aliphatic carbocycles. The van der Waals surface area contributed by atoms with Gasteiger partial charge in [-0.3, -0.25) is 4.68 Å². The summed E-state index contributed by atoms with van der Waals surface area (Å²) in [5.74, 6) is 0.876. The molecule has 1 aromatic rings. The number of hydrogen-bond acceptors (Lipinski definition) is 2. The molecule has 0 radical (unpaired) electrons. The Balaban J connectivity index is 2.05. The molecule has 120 valence electrons. The van der Waals surface area contributed by atoms with E-state index >= 15 is 0 Å². The Morgan fingerprint density at radius 2 is 2.00 bits per heavy atom. The van der Waals surface area contributed by atoms with E-state index in [9.17, 15) is 0 Å². The van der Waals surface area contributed by atoms with Crippen molar-refractivity contribution in [2.75, 3.05) is 13.1 Å². The van der Waals surface area contributed by atoms with E-state index in [4.69, 9.17) is 0 Å². The standard InChI is InChI=1S/C18H33N3/c1-6-19-14-18(11-15-12-20-21(5)13-15)9-7-16(8-10-18)17(2,3)4/h12-13,16,19H,6-11,14H2,1-5H3. The summed E-state index contributed by atoms with van der Waals surface area (Å²) in [5.41, 5.74) is 2.28. The topological polar surface area (TPSA) is 29.9 Å². The molecule has 1 aliphatic rings. The van der Waals surface area contributed by atoms with E-state index in [0.29, 0.717) is 10.8 Å². The molecule has 3 nitrogen and oxygen atoms in total. The van der Waals surface area contributed by atoms with Crippen LogP contribution >= 0.6 is 0 Å². The Morgan fingerprint density at radius 1 is 1.33 bits per heavy atom. The van der Waals surface area contributed by atoms with Crippen molar-refractivity contribution in [3.63, 3.8) is 0 Å². The van der Waals surface area contributed by atoms with Crippen molar-refractivity contribution in [3.8, 4) is 0 Å². The zero-order valence-corrected chi connectivity index (χ0v) is 14.6. The van der Waals surface area contributed by atoms with Gasteiger partial charge in [0.2, 0.25) is 0 Å².